The van der Waals surface area contributed by atoms with Crippen LogP contribution in [-0.4, -0.2) is 46.5 Å². The van der Waals surface area contributed by atoms with Crippen molar-refractivity contribution in [2.45, 2.75) is 156 Å². The Morgan fingerprint density at radius 1 is 0.303 bits per heavy atom. The van der Waals surface area contributed by atoms with Crippen LogP contribution >= 0.6 is 0 Å². The van der Waals surface area contributed by atoms with Crippen LogP contribution in [-0.2, 0) is 12.3 Å². The molecule has 0 N–H and O–H groups in total. The molecule has 200 valence electrons. The van der Waals surface area contributed by atoms with Gasteiger partial charge >= 0.3 is 215 Å². The van der Waals surface area contributed by atoms with Crippen LogP contribution in [0.2, 0.25) is 0 Å². The van der Waals surface area contributed by atoms with Gasteiger partial charge in [-0.25, -0.2) is 0 Å². The average molecular weight is 579 g/mol. The molecule has 0 radical (unpaired) electrons. The molecule has 0 heterocycles. The average Bonchev–Trinajstić information content (AvgIpc) is 2.83. The zero-order valence-corrected chi connectivity index (χ0v) is 26.0. The Bertz CT molecular complexity index is 298. The molecule has 0 unspecified atom stereocenters. The van der Waals surface area contributed by atoms with Crippen molar-refractivity contribution in [3.8, 4) is 0 Å². The summed E-state index contributed by atoms with van der Waals surface area (Å²) in [5, 5.41) is 0. The monoisotopic (exact) mass is 580 g/mol. The summed E-state index contributed by atoms with van der Waals surface area (Å²) in [6.45, 7) is 11.9. The van der Waals surface area contributed by atoms with E-state index < -0.39 is 20.0 Å². The Hall–Kier alpha value is 0.639. The van der Waals surface area contributed by atoms with Crippen molar-refractivity contribution in [3.63, 3.8) is 0 Å². The fourth-order valence-corrected chi connectivity index (χ4v) is 9.79. The Balaban J connectivity index is 4.74. The molecule has 0 saturated heterocycles. The molecule has 0 aromatic heterocycles. The number of rotatable bonds is 28. The summed E-state index contributed by atoms with van der Waals surface area (Å²) in [4.78, 5) is 0. The molecule has 0 bridgehead atoms. The van der Waals surface area contributed by atoms with Crippen LogP contribution in [0.5, 0.6) is 0 Å². The van der Waals surface area contributed by atoms with Crippen LogP contribution in [0, 0.1) is 0 Å². The second-order valence-corrected chi connectivity index (χ2v) is 15.7. The van der Waals surface area contributed by atoms with E-state index in [1.165, 1.54) is 103 Å². The predicted octanol–water partition coefficient (Wildman–Crippen LogP) is 9.37. The van der Waals surface area contributed by atoms with E-state index in [1.807, 2.05) is 0 Å². The number of unbranched alkanes of at least 4 members (excludes halogenated alkanes) is 16. The Kier molecular flexibility index (Phi) is 27.8. The molecule has 33 heavy (non-hydrogen) atoms. The van der Waals surface area contributed by atoms with Crippen molar-refractivity contribution in [2.24, 2.45) is 0 Å². The van der Waals surface area contributed by atoms with Crippen LogP contribution in [0.3, 0.4) is 0 Å². The van der Waals surface area contributed by atoms with Crippen LogP contribution in [0.15, 0.2) is 0 Å². The van der Waals surface area contributed by atoms with E-state index in [4.69, 9.17) is 12.3 Å². The summed E-state index contributed by atoms with van der Waals surface area (Å²) < 4.78 is 25.7. The molecule has 5 heteroatoms. The first-order chi connectivity index (χ1) is 16.2. The van der Waals surface area contributed by atoms with Gasteiger partial charge in [-0.1, -0.05) is 0 Å². The van der Waals surface area contributed by atoms with Crippen LogP contribution < -0.4 is 0 Å². The van der Waals surface area contributed by atoms with Gasteiger partial charge < -0.3 is 0 Å². The Morgan fingerprint density at radius 2 is 0.515 bits per heavy atom. The maximum atomic E-state index is 6.44. The molecule has 4 nitrogen and oxygen atoms in total. The third kappa shape index (κ3) is 22.8. The molecule has 0 aromatic carbocycles. The second kappa shape index (κ2) is 27.2. The van der Waals surface area contributed by atoms with Gasteiger partial charge in [0.2, 0.25) is 0 Å². The number of hydrogen-bond acceptors (Lipinski definition) is 4. The third-order valence-corrected chi connectivity index (χ3v) is 12.5. The van der Waals surface area contributed by atoms with Crippen LogP contribution in [0.25, 0.3) is 0 Å². The number of hydrogen-bond donors (Lipinski definition) is 0. The van der Waals surface area contributed by atoms with Gasteiger partial charge in [-0.15, -0.1) is 0 Å². The Morgan fingerprint density at radius 3 is 0.727 bits per heavy atom. The van der Waals surface area contributed by atoms with Crippen molar-refractivity contribution < 1.29 is 12.3 Å². The molecular formula is C28H60O4Sn. The van der Waals surface area contributed by atoms with E-state index in [-0.39, 0.29) is 0 Å². The molecular weight excluding hydrogens is 519 g/mol. The van der Waals surface area contributed by atoms with E-state index >= 15 is 0 Å². The summed E-state index contributed by atoms with van der Waals surface area (Å²) in [7, 11) is 0. The fraction of sp³-hybridized carbons (Fsp3) is 1.00. The molecule has 0 amide bonds. The van der Waals surface area contributed by atoms with E-state index in [0.29, 0.717) is 0 Å². The van der Waals surface area contributed by atoms with Gasteiger partial charge in [-0.05, 0) is 0 Å². The summed E-state index contributed by atoms with van der Waals surface area (Å²) >= 11 is -3.97. The summed E-state index contributed by atoms with van der Waals surface area (Å²) in [5.41, 5.74) is 0. The maximum absolute atomic E-state index is 6.44. The first kappa shape index (κ1) is 33.6. The standard InChI is InChI=1S/4C7H15O.Sn/c4*1-2-3-4-5-6-7-8;/h4*2-7H2,1H3;/q4*-1;+4. The first-order valence-corrected chi connectivity index (χ1v) is 19.5. The van der Waals surface area contributed by atoms with E-state index in [2.05, 4.69) is 27.7 Å². The summed E-state index contributed by atoms with van der Waals surface area (Å²) in [5.74, 6) is 0. The Labute approximate surface area is 214 Å². The topological polar surface area (TPSA) is 36.9 Å². The first-order valence-electron chi connectivity index (χ1n) is 14.8. The van der Waals surface area contributed by atoms with Crippen LogP contribution in [0.4, 0.5) is 0 Å². The zero-order chi connectivity index (χ0) is 24.3. The minimum absolute atomic E-state index is 0.724. The molecule has 0 atom stereocenters. The van der Waals surface area contributed by atoms with Crippen molar-refractivity contribution in [1.82, 2.24) is 0 Å². The molecule has 0 aromatic rings. The zero-order valence-electron chi connectivity index (χ0n) is 23.1. The van der Waals surface area contributed by atoms with Crippen molar-refractivity contribution in [3.05, 3.63) is 0 Å². The van der Waals surface area contributed by atoms with Crippen molar-refractivity contribution in [2.75, 3.05) is 26.4 Å². The van der Waals surface area contributed by atoms with Gasteiger partial charge in [0.25, 0.3) is 0 Å². The van der Waals surface area contributed by atoms with Gasteiger partial charge in [0, 0.05) is 0 Å². The molecule has 0 saturated carbocycles. The molecule has 0 aliphatic rings. The third-order valence-electron chi connectivity index (χ3n) is 6.11. The molecule has 0 aliphatic carbocycles. The molecule has 0 aliphatic heterocycles. The van der Waals surface area contributed by atoms with Gasteiger partial charge in [-0.2, -0.15) is 0 Å². The SMILES string of the molecule is CCCCCCC[O][Sn]([O]CCCCCCC)([O]CCCCCCC)[O]CCCCCCC. The quantitative estimate of drug-likeness (QED) is 0.0684. The van der Waals surface area contributed by atoms with Crippen LogP contribution in [0.1, 0.15) is 156 Å². The van der Waals surface area contributed by atoms with Gasteiger partial charge in [0.1, 0.15) is 0 Å². The summed E-state index contributed by atoms with van der Waals surface area (Å²) in [6, 6.07) is 0. The van der Waals surface area contributed by atoms with Gasteiger partial charge in [0.05, 0.1) is 0 Å². The van der Waals surface area contributed by atoms with E-state index in [0.717, 1.165) is 52.1 Å². The van der Waals surface area contributed by atoms with Gasteiger partial charge in [-0.3, -0.25) is 0 Å². The van der Waals surface area contributed by atoms with Gasteiger partial charge in [0.15, 0.2) is 0 Å². The van der Waals surface area contributed by atoms with E-state index in [1.54, 1.807) is 0 Å². The molecule has 0 spiro atoms. The summed E-state index contributed by atoms with van der Waals surface area (Å²) in [6.07, 6.45) is 24.7. The minimum atomic E-state index is -3.97. The normalized spacial score (nSPS) is 12.0. The van der Waals surface area contributed by atoms with E-state index in [9.17, 15) is 0 Å². The molecule has 0 rings (SSSR count). The molecule has 0 fully saturated rings. The fourth-order valence-electron chi connectivity index (χ4n) is 3.86. The second-order valence-electron chi connectivity index (χ2n) is 9.55. The van der Waals surface area contributed by atoms with Crippen molar-refractivity contribution >= 4 is 20.0 Å². The predicted molar refractivity (Wildman–Crippen MR) is 145 cm³/mol. The van der Waals surface area contributed by atoms with Crippen molar-refractivity contribution in [1.29, 1.82) is 0 Å².